The number of hydrogen-bond donors (Lipinski definition) is 1. The SMILES string of the molecule is COc1c(C)cc(CC2CCC(O)CC2)c(C)c1C. The van der Waals surface area contributed by atoms with Crippen molar-refractivity contribution in [1.82, 2.24) is 0 Å². The average molecular weight is 262 g/mol. The van der Waals surface area contributed by atoms with Crippen LogP contribution in [0.3, 0.4) is 0 Å². The minimum atomic E-state index is -0.0586. The fourth-order valence-electron chi connectivity index (χ4n) is 3.33. The molecule has 1 N–H and O–H groups in total. The second-order valence-corrected chi connectivity index (χ2v) is 6.01. The Morgan fingerprint density at radius 2 is 1.74 bits per heavy atom. The summed E-state index contributed by atoms with van der Waals surface area (Å²) < 4.78 is 5.48. The molecule has 0 bridgehead atoms. The summed E-state index contributed by atoms with van der Waals surface area (Å²) in [5.41, 5.74) is 5.33. The number of rotatable bonds is 3. The summed E-state index contributed by atoms with van der Waals surface area (Å²) in [6, 6.07) is 2.28. The third-order valence-electron chi connectivity index (χ3n) is 4.66. The summed E-state index contributed by atoms with van der Waals surface area (Å²) in [4.78, 5) is 0. The van der Waals surface area contributed by atoms with Gasteiger partial charge in [0.05, 0.1) is 13.2 Å². The Hall–Kier alpha value is -1.02. The number of aliphatic hydroxyl groups excluding tert-OH is 1. The molecule has 0 spiro atoms. The second kappa shape index (κ2) is 5.96. The summed E-state index contributed by atoms with van der Waals surface area (Å²) in [7, 11) is 1.75. The van der Waals surface area contributed by atoms with E-state index in [-0.39, 0.29) is 6.10 Å². The molecule has 0 heterocycles. The molecule has 0 aromatic heterocycles. The predicted molar refractivity (Wildman–Crippen MR) is 78.9 cm³/mol. The first-order valence-corrected chi connectivity index (χ1v) is 7.34. The summed E-state index contributed by atoms with van der Waals surface area (Å²) in [5, 5.41) is 9.59. The van der Waals surface area contributed by atoms with Gasteiger partial charge in [-0.25, -0.2) is 0 Å². The van der Waals surface area contributed by atoms with Crippen LogP contribution in [0.1, 0.15) is 47.9 Å². The normalized spacial score (nSPS) is 23.4. The Morgan fingerprint density at radius 3 is 2.32 bits per heavy atom. The van der Waals surface area contributed by atoms with E-state index in [1.54, 1.807) is 7.11 Å². The molecule has 106 valence electrons. The summed E-state index contributed by atoms with van der Waals surface area (Å²) in [5.74, 6) is 1.76. The molecule has 0 saturated heterocycles. The zero-order valence-electron chi connectivity index (χ0n) is 12.6. The molecule has 2 rings (SSSR count). The van der Waals surface area contributed by atoms with E-state index in [1.807, 2.05) is 0 Å². The van der Waals surface area contributed by atoms with Crippen molar-refractivity contribution in [1.29, 1.82) is 0 Å². The van der Waals surface area contributed by atoms with Gasteiger partial charge in [-0.2, -0.15) is 0 Å². The van der Waals surface area contributed by atoms with Crippen LogP contribution in [-0.4, -0.2) is 18.3 Å². The van der Waals surface area contributed by atoms with Gasteiger partial charge in [-0.05, 0) is 81.0 Å². The Kier molecular flexibility index (Phi) is 4.51. The lowest BCUT2D eigenvalue weighted by Crippen LogP contribution is -2.20. The Balaban J connectivity index is 2.17. The number of aryl methyl sites for hydroxylation is 1. The molecule has 1 aromatic rings. The zero-order chi connectivity index (χ0) is 14.0. The number of hydrogen-bond acceptors (Lipinski definition) is 2. The summed E-state index contributed by atoms with van der Waals surface area (Å²) in [6.07, 6.45) is 5.34. The molecule has 1 aromatic carbocycles. The van der Waals surface area contributed by atoms with Crippen LogP contribution in [0.5, 0.6) is 5.75 Å². The quantitative estimate of drug-likeness (QED) is 0.899. The van der Waals surface area contributed by atoms with Gasteiger partial charge in [0.15, 0.2) is 0 Å². The minimum Gasteiger partial charge on any atom is -0.496 e. The predicted octanol–water partition coefficient (Wildman–Crippen LogP) is 3.71. The summed E-state index contributed by atoms with van der Waals surface area (Å²) in [6.45, 7) is 6.47. The van der Waals surface area contributed by atoms with Crippen molar-refractivity contribution in [3.63, 3.8) is 0 Å². The maximum atomic E-state index is 9.59. The first-order chi connectivity index (χ1) is 9.02. The van der Waals surface area contributed by atoms with Gasteiger partial charge in [0.25, 0.3) is 0 Å². The lowest BCUT2D eigenvalue weighted by Gasteiger charge is -2.26. The van der Waals surface area contributed by atoms with Crippen LogP contribution in [0, 0.1) is 26.7 Å². The van der Waals surface area contributed by atoms with Crippen LogP contribution in [0.4, 0.5) is 0 Å². The molecule has 2 heteroatoms. The fourth-order valence-corrected chi connectivity index (χ4v) is 3.33. The second-order valence-electron chi connectivity index (χ2n) is 6.01. The molecule has 1 aliphatic rings. The number of benzene rings is 1. The molecular formula is C17H26O2. The van der Waals surface area contributed by atoms with Crippen molar-refractivity contribution in [2.75, 3.05) is 7.11 Å². The third kappa shape index (κ3) is 3.11. The standard InChI is InChI=1S/C17H26O2/c1-11-9-15(12(2)13(3)17(11)19-4)10-14-5-7-16(18)8-6-14/h9,14,16,18H,5-8,10H2,1-4H3. The van der Waals surface area contributed by atoms with Gasteiger partial charge >= 0.3 is 0 Å². The van der Waals surface area contributed by atoms with Crippen LogP contribution >= 0.6 is 0 Å². The number of methoxy groups -OCH3 is 1. The van der Waals surface area contributed by atoms with Crippen molar-refractivity contribution in [3.05, 3.63) is 28.3 Å². The van der Waals surface area contributed by atoms with Gasteiger partial charge in [0.2, 0.25) is 0 Å². The highest BCUT2D eigenvalue weighted by molar-refractivity contribution is 5.49. The lowest BCUT2D eigenvalue weighted by molar-refractivity contribution is 0.108. The monoisotopic (exact) mass is 262 g/mol. The lowest BCUT2D eigenvalue weighted by atomic mass is 9.82. The van der Waals surface area contributed by atoms with E-state index in [2.05, 4.69) is 26.8 Å². The van der Waals surface area contributed by atoms with E-state index in [9.17, 15) is 5.11 Å². The highest BCUT2D eigenvalue weighted by atomic mass is 16.5. The maximum Gasteiger partial charge on any atom is 0.124 e. The third-order valence-corrected chi connectivity index (χ3v) is 4.66. The van der Waals surface area contributed by atoms with Crippen molar-refractivity contribution in [2.45, 2.75) is 59.0 Å². The highest BCUT2D eigenvalue weighted by Gasteiger charge is 2.21. The Bertz CT molecular complexity index is 443. The highest BCUT2D eigenvalue weighted by Crippen LogP contribution is 2.33. The minimum absolute atomic E-state index is 0.0586. The molecule has 19 heavy (non-hydrogen) atoms. The molecule has 1 fully saturated rings. The van der Waals surface area contributed by atoms with Gasteiger partial charge in [0, 0.05) is 0 Å². The van der Waals surface area contributed by atoms with Gasteiger partial charge in [-0.3, -0.25) is 0 Å². The first kappa shape index (κ1) is 14.4. The van der Waals surface area contributed by atoms with Gasteiger partial charge in [-0.15, -0.1) is 0 Å². The maximum absolute atomic E-state index is 9.59. The Morgan fingerprint density at radius 1 is 1.11 bits per heavy atom. The van der Waals surface area contributed by atoms with Crippen LogP contribution < -0.4 is 4.74 Å². The zero-order valence-corrected chi connectivity index (χ0v) is 12.6. The molecule has 0 aliphatic heterocycles. The van der Waals surface area contributed by atoms with Gasteiger partial charge in [-0.1, -0.05) is 6.07 Å². The smallest absolute Gasteiger partial charge is 0.124 e. The molecule has 0 unspecified atom stereocenters. The number of aliphatic hydroxyl groups is 1. The fraction of sp³-hybridized carbons (Fsp3) is 0.647. The van der Waals surface area contributed by atoms with Crippen LogP contribution in [0.2, 0.25) is 0 Å². The molecule has 1 saturated carbocycles. The van der Waals surface area contributed by atoms with Crippen molar-refractivity contribution >= 4 is 0 Å². The molecule has 1 aliphatic carbocycles. The van der Waals surface area contributed by atoms with E-state index in [0.717, 1.165) is 43.8 Å². The Labute approximate surface area is 116 Å². The topological polar surface area (TPSA) is 29.5 Å². The first-order valence-electron chi connectivity index (χ1n) is 7.34. The van der Waals surface area contributed by atoms with Crippen LogP contribution in [-0.2, 0) is 6.42 Å². The largest absolute Gasteiger partial charge is 0.496 e. The van der Waals surface area contributed by atoms with Gasteiger partial charge < -0.3 is 9.84 Å². The molecule has 0 amide bonds. The van der Waals surface area contributed by atoms with E-state index in [4.69, 9.17) is 4.74 Å². The molecular weight excluding hydrogens is 236 g/mol. The van der Waals surface area contributed by atoms with Crippen LogP contribution in [0.25, 0.3) is 0 Å². The van der Waals surface area contributed by atoms with Crippen molar-refractivity contribution in [3.8, 4) is 5.75 Å². The van der Waals surface area contributed by atoms with Crippen molar-refractivity contribution in [2.24, 2.45) is 5.92 Å². The molecule has 0 atom stereocenters. The average Bonchev–Trinajstić information content (AvgIpc) is 2.39. The van der Waals surface area contributed by atoms with E-state index in [1.165, 1.54) is 22.3 Å². The van der Waals surface area contributed by atoms with Crippen molar-refractivity contribution < 1.29 is 9.84 Å². The van der Waals surface area contributed by atoms with Crippen LogP contribution in [0.15, 0.2) is 6.07 Å². The summed E-state index contributed by atoms with van der Waals surface area (Å²) >= 11 is 0. The van der Waals surface area contributed by atoms with E-state index >= 15 is 0 Å². The van der Waals surface area contributed by atoms with Gasteiger partial charge in [0.1, 0.15) is 5.75 Å². The molecule has 0 radical (unpaired) electrons. The number of ether oxygens (including phenoxy) is 1. The molecule has 2 nitrogen and oxygen atoms in total. The van der Waals surface area contributed by atoms with E-state index < -0.39 is 0 Å². The van der Waals surface area contributed by atoms with E-state index in [0.29, 0.717) is 0 Å².